The van der Waals surface area contributed by atoms with E-state index in [0.717, 1.165) is 31.4 Å². The van der Waals surface area contributed by atoms with Crippen LogP contribution >= 0.6 is 0 Å². The Morgan fingerprint density at radius 3 is 2.60 bits per heavy atom. The molecular weight excluding hydrogens is 523 g/mol. The third kappa shape index (κ3) is 3.89. The van der Waals surface area contributed by atoms with E-state index >= 15 is 0 Å². The van der Waals surface area contributed by atoms with Crippen molar-refractivity contribution in [1.29, 1.82) is 0 Å². The minimum Gasteiger partial charge on any atom is -0.345 e. The molecule has 2 amide bonds. The molecule has 0 radical (unpaired) electrons. The van der Waals surface area contributed by atoms with Crippen LogP contribution in [0.1, 0.15) is 30.4 Å². The quantitative estimate of drug-likeness (QED) is 0.322. The van der Waals surface area contributed by atoms with Gasteiger partial charge >= 0.3 is 12.2 Å². The van der Waals surface area contributed by atoms with Crippen molar-refractivity contribution in [2.45, 2.75) is 38.5 Å². The summed E-state index contributed by atoms with van der Waals surface area (Å²) in [5, 5.41) is 5.89. The topological polar surface area (TPSA) is 94.4 Å². The van der Waals surface area contributed by atoms with Crippen LogP contribution in [0.15, 0.2) is 53.7 Å². The number of urea groups is 1. The van der Waals surface area contributed by atoms with Crippen LogP contribution < -0.4 is 5.56 Å². The van der Waals surface area contributed by atoms with E-state index in [1.807, 2.05) is 16.7 Å². The maximum atomic E-state index is 14.1. The van der Waals surface area contributed by atoms with E-state index in [4.69, 9.17) is 0 Å². The third-order valence-corrected chi connectivity index (χ3v) is 7.97. The van der Waals surface area contributed by atoms with Crippen LogP contribution in [0.25, 0.3) is 39.1 Å². The average molecular weight is 550 g/mol. The molecule has 2 N–H and O–H groups in total. The van der Waals surface area contributed by atoms with Gasteiger partial charge in [0.2, 0.25) is 0 Å². The monoisotopic (exact) mass is 549 g/mol. The number of nitrogens with zero attached hydrogens (tertiary/aromatic N) is 5. The van der Waals surface area contributed by atoms with Crippen molar-refractivity contribution in [1.82, 2.24) is 33.9 Å². The molecule has 12 heteroatoms. The molecule has 0 spiro atoms. The molecule has 5 aromatic rings. The van der Waals surface area contributed by atoms with Crippen molar-refractivity contribution in [3.63, 3.8) is 0 Å². The van der Waals surface area contributed by atoms with Gasteiger partial charge in [-0.25, -0.2) is 9.78 Å². The second-order valence-electron chi connectivity index (χ2n) is 10.4. The summed E-state index contributed by atoms with van der Waals surface area (Å²) in [6.07, 6.45) is 3.48. The number of nitrogens with one attached hydrogen (secondary N) is 2. The number of hydrogen-bond acceptors (Lipinski definition) is 3. The fourth-order valence-corrected chi connectivity index (χ4v) is 6.07. The minimum absolute atomic E-state index is 0.0724. The Hall–Kier alpha value is -4.48. The van der Waals surface area contributed by atoms with E-state index in [9.17, 15) is 22.8 Å². The standard InChI is InChI=1S/C28H26F3N7O2/c29-28(30,31)18-12-17-15-37(27(40)35-7-3-1-4-8-35)11-10-36-16-20(19(13-18)25(17)36)24-23(26(39)34-33-24)21-14-32-22-6-2-5-9-38(21)22/h2,5-6,9,12-14,16H,1,3-4,7-8,10-11,15H2,(H2,33,34,39). The first-order valence-corrected chi connectivity index (χ1v) is 13.3. The zero-order chi connectivity index (χ0) is 27.6. The van der Waals surface area contributed by atoms with Gasteiger partial charge in [0.1, 0.15) is 5.65 Å². The van der Waals surface area contributed by atoms with Crippen molar-refractivity contribution in [3.8, 4) is 22.5 Å². The van der Waals surface area contributed by atoms with E-state index in [0.29, 0.717) is 65.2 Å². The fraction of sp³-hybridized carbons (Fsp3) is 0.321. The molecule has 4 aromatic heterocycles. The van der Waals surface area contributed by atoms with Crippen molar-refractivity contribution in [3.05, 3.63) is 70.4 Å². The van der Waals surface area contributed by atoms with Crippen molar-refractivity contribution >= 4 is 22.6 Å². The fourth-order valence-electron chi connectivity index (χ4n) is 6.07. The Labute approximate surface area is 225 Å². The number of amides is 2. The number of pyridine rings is 1. The van der Waals surface area contributed by atoms with E-state index in [-0.39, 0.29) is 18.1 Å². The Bertz CT molecular complexity index is 1820. The number of H-pyrrole nitrogens is 2. The number of hydrogen-bond donors (Lipinski definition) is 2. The molecule has 9 nitrogen and oxygen atoms in total. The smallest absolute Gasteiger partial charge is 0.345 e. The van der Waals surface area contributed by atoms with Crippen molar-refractivity contribution in [2.75, 3.05) is 19.6 Å². The molecule has 1 saturated heterocycles. The molecule has 6 heterocycles. The molecule has 0 aliphatic carbocycles. The second-order valence-corrected chi connectivity index (χ2v) is 10.4. The zero-order valence-corrected chi connectivity index (χ0v) is 21.5. The van der Waals surface area contributed by atoms with Crippen LogP contribution in [0.3, 0.4) is 0 Å². The highest BCUT2D eigenvalue weighted by molar-refractivity contribution is 6.00. The average Bonchev–Trinajstić information content (AvgIpc) is 3.61. The van der Waals surface area contributed by atoms with Gasteiger partial charge < -0.3 is 14.4 Å². The van der Waals surface area contributed by atoms with Gasteiger partial charge in [-0.3, -0.25) is 19.4 Å². The van der Waals surface area contributed by atoms with Gasteiger partial charge in [-0.2, -0.15) is 13.2 Å². The number of likely N-dealkylation sites (tertiary alicyclic amines) is 1. The lowest BCUT2D eigenvalue weighted by molar-refractivity contribution is -0.137. The Morgan fingerprint density at radius 2 is 1.80 bits per heavy atom. The number of piperidine rings is 1. The first-order chi connectivity index (χ1) is 19.3. The molecule has 0 unspecified atom stereocenters. The van der Waals surface area contributed by atoms with Gasteiger partial charge in [-0.1, -0.05) is 6.07 Å². The summed E-state index contributed by atoms with van der Waals surface area (Å²) in [6.45, 7) is 2.17. The summed E-state index contributed by atoms with van der Waals surface area (Å²) in [6, 6.07) is 7.60. The highest BCUT2D eigenvalue weighted by Crippen LogP contribution is 2.41. The van der Waals surface area contributed by atoms with Gasteiger partial charge in [0.25, 0.3) is 5.56 Å². The van der Waals surface area contributed by atoms with Crippen LogP contribution in [0.5, 0.6) is 0 Å². The number of aromatic nitrogens is 5. The maximum absolute atomic E-state index is 14.1. The summed E-state index contributed by atoms with van der Waals surface area (Å²) in [5.41, 5.74) is 2.15. The van der Waals surface area contributed by atoms with Gasteiger partial charge in [-0.05, 0) is 49.1 Å². The molecule has 40 heavy (non-hydrogen) atoms. The van der Waals surface area contributed by atoms with Crippen molar-refractivity contribution < 1.29 is 18.0 Å². The minimum atomic E-state index is -4.59. The van der Waals surface area contributed by atoms with Gasteiger partial charge in [-0.15, -0.1) is 0 Å². The summed E-state index contributed by atoms with van der Waals surface area (Å²) in [4.78, 5) is 34.2. The van der Waals surface area contributed by atoms with E-state index in [2.05, 4.69) is 15.2 Å². The number of carbonyl (C=O) groups excluding carboxylic acids is 1. The predicted octanol–water partition coefficient (Wildman–Crippen LogP) is 5.08. The lowest BCUT2D eigenvalue weighted by Gasteiger charge is -2.32. The molecule has 1 fully saturated rings. The summed E-state index contributed by atoms with van der Waals surface area (Å²) in [7, 11) is 0. The highest BCUT2D eigenvalue weighted by Gasteiger charge is 2.35. The molecule has 0 saturated carbocycles. The van der Waals surface area contributed by atoms with Gasteiger partial charge in [0.05, 0.1) is 34.2 Å². The largest absolute Gasteiger partial charge is 0.416 e. The maximum Gasteiger partial charge on any atom is 0.416 e. The Kier molecular flexibility index (Phi) is 5.55. The molecule has 206 valence electrons. The molecule has 2 aliphatic rings. The first-order valence-electron chi connectivity index (χ1n) is 13.3. The summed E-state index contributed by atoms with van der Waals surface area (Å²) < 4.78 is 46.1. The van der Waals surface area contributed by atoms with E-state index in [1.165, 1.54) is 0 Å². The van der Waals surface area contributed by atoms with Gasteiger partial charge in [0, 0.05) is 56.1 Å². The normalized spacial score (nSPS) is 16.2. The number of imidazole rings is 1. The van der Waals surface area contributed by atoms with E-state index < -0.39 is 17.3 Å². The number of benzene rings is 1. The second kappa shape index (κ2) is 9.04. The molecule has 0 bridgehead atoms. The van der Waals surface area contributed by atoms with Crippen LogP contribution in [-0.4, -0.2) is 59.6 Å². The SMILES string of the molecule is O=C(N1CCCCC1)N1CCn2cc(-c3[nH][nH]c(=O)c3-c3cnc4ccccn34)c3cc(C(F)(F)F)cc(c32)C1. The highest BCUT2D eigenvalue weighted by atomic mass is 19.4. The third-order valence-electron chi connectivity index (χ3n) is 7.97. The predicted molar refractivity (Wildman–Crippen MR) is 143 cm³/mol. The molecule has 7 rings (SSSR count). The van der Waals surface area contributed by atoms with Crippen LogP contribution in [-0.2, 0) is 19.3 Å². The lowest BCUT2D eigenvalue weighted by atomic mass is 10.00. The van der Waals surface area contributed by atoms with Crippen LogP contribution in [0.4, 0.5) is 18.0 Å². The van der Waals surface area contributed by atoms with E-state index in [1.54, 1.807) is 38.9 Å². The lowest BCUT2D eigenvalue weighted by Crippen LogP contribution is -2.45. The van der Waals surface area contributed by atoms with Gasteiger partial charge in [0.15, 0.2) is 0 Å². The number of halogens is 3. The van der Waals surface area contributed by atoms with Crippen molar-refractivity contribution in [2.24, 2.45) is 0 Å². The van der Waals surface area contributed by atoms with Crippen LogP contribution in [0, 0.1) is 0 Å². The Morgan fingerprint density at radius 1 is 0.975 bits per heavy atom. The molecular formula is C28H26F3N7O2. The zero-order valence-electron chi connectivity index (χ0n) is 21.5. The number of carbonyl (C=O) groups is 1. The number of aromatic amines is 2. The summed E-state index contributed by atoms with van der Waals surface area (Å²) in [5.74, 6) is 0. The number of fused-ring (bicyclic) bond motifs is 1. The number of alkyl halides is 3. The Balaban J connectivity index is 1.39. The molecule has 1 aromatic carbocycles. The number of rotatable bonds is 2. The first kappa shape index (κ1) is 24.6. The molecule has 0 atom stereocenters. The molecule has 2 aliphatic heterocycles. The summed E-state index contributed by atoms with van der Waals surface area (Å²) >= 11 is 0. The van der Waals surface area contributed by atoms with Crippen LogP contribution in [0.2, 0.25) is 0 Å².